The van der Waals surface area contributed by atoms with E-state index in [4.69, 9.17) is 9.40 Å². The van der Waals surface area contributed by atoms with Crippen LogP contribution in [0.25, 0.3) is 33.5 Å². The molecule has 0 spiro atoms. The van der Waals surface area contributed by atoms with E-state index in [-0.39, 0.29) is 0 Å². The SMILES string of the molecule is c1ccc(-c2nc(CCc3c[nH]c4ccccc34)oc2-c2ccccc2)cc1. The number of hydrogen-bond acceptors (Lipinski definition) is 2. The van der Waals surface area contributed by atoms with E-state index in [0.717, 1.165) is 41.3 Å². The Bertz CT molecular complexity index is 1150. The van der Waals surface area contributed by atoms with Gasteiger partial charge in [-0.2, -0.15) is 0 Å². The van der Waals surface area contributed by atoms with Crippen LogP contribution in [-0.2, 0) is 12.8 Å². The Labute approximate surface area is 163 Å². The monoisotopic (exact) mass is 364 g/mol. The van der Waals surface area contributed by atoms with Gasteiger partial charge in [0.1, 0.15) is 5.69 Å². The Morgan fingerprint density at radius 3 is 2.18 bits per heavy atom. The molecule has 136 valence electrons. The Balaban J connectivity index is 1.49. The van der Waals surface area contributed by atoms with Crippen molar-refractivity contribution in [3.8, 4) is 22.6 Å². The number of aryl methyl sites for hydroxylation is 2. The number of rotatable bonds is 5. The first-order valence-corrected chi connectivity index (χ1v) is 9.54. The number of hydrogen-bond donors (Lipinski definition) is 1. The summed E-state index contributed by atoms with van der Waals surface area (Å²) in [6.45, 7) is 0. The molecule has 0 saturated carbocycles. The number of aromatic nitrogens is 2. The maximum Gasteiger partial charge on any atom is 0.195 e. The highest BCUT2D eigenvalue weighted by Crippen LogP contribution is 2.33. The molecule has 1 N–H and O–H groups in total. The molecule has 5 rings (SSSR count). The molecule has 0 fully saturated rings. The number of fused-ring (bicyclic) bond motifs is 1. The number of benzene rings is 3. The van der Waals surface area contributed by atoms with Gasteiger partial charge in [-0.1, -0.05) is 78.9 Å². The van der Waals surface area contributed by atoms with Crippen molar-refractivity contribution in [1.29, 1.82) is 0 Å². The standard InChI is InChI=1S/C25H20N2O/c1-3-9-18(10-4-1)24-25(19-11-5-2-6-12-19)28-23(27-24)16-15-20-17-26-22-14-8-7-13-21(20)22/h1-14,17,26H,15-16H2. The lowest BCUT2D eigenvalue weighted by atomic mass is 10.1. The number of H-pyrrole nitrogens is 1. The molecular weight excluding hydrogens is 344 g/mol. The van der Waals surface area contributed by atoms with Gasteiger partial charge in [-0.3, -0.25) is 0 Å². The third-order valence-electron chi connectivity index (χ3n) is 5.04. The molecule has 2 aromatic heterocycles. The first kappa shape index (κ1) is 16.6. The van der Waals surface area contributed by atoms with E-state index < -0.39 is 0 Å². The third-order valence-corrected chi connectivity index (χ3v) is 5.04. The first-order chi connectivity index (χ1) is 13.9. The maximum atomic E-state index is 6.24. The summed E-state index contributed by atoms with van der Waals surface area (Å²) in [5, 5.41) is 1.26. The van der Waals surface area contributed by atoms with Crippen molar-refractivity contribution < 1.29 is 4.42 Å². The van der Waals surface area contributed by atoms with E-state index in [0.29, 0.717) is 0 Å². The molecule has 3 heteroatoms. The Morgan fingerprint density at radius 1 is 0.714 bits per heavy atom. The molecule has 0 unspecified atom stereocenters. The van der Waals surface area contributed by atoms with Gasteiger partial charge in [0.05, 0.1) is 0 Å². The molecular formula is C25H20N2O. The summed E-state index contributed by atoms with van der Waals surface area (Å²) in [6.07, 6.45) is 3.73. The van der Waals surface area contributed by atoms with Gasteiger partial charge in [0.15, 0.2) is 11.7 Å². The van der Waals surface area contributed by atoms with Crippen molar-refractivity contribution in [2.24, 2.45) is 0 Å². The number of nitrogens with one attached hydrogen (secondary N) is 1. The lowest BCUT2D eigenvalue weighted by Gasteiger charge is -2.00. The molecule has 0 aliphatic rings. The summed E-state index contributed by atoms with van der Waals surface area (Å²) < 4.78 is 6.24. The van der Waals surface area contributed by atoms with E-state index in [1.54, 1.807) is 0 Å². The first-order valence-electron chi connectivity index (χ1n) is 9.54. The van der Waals surface area contributed by atoms with Gasteiger partial charge in [0.25, 0.3) is 0 Å². The fourth-order valence-electron chi connectivity index (χ4n) is 3.63. The number of aromatic amines is 1. The molecule has 0 atom stereocenters. The third kappa shape index (κ3) is 3.12. The summed E-state index contributed by atoms with van der Waals surface area (Å²) in [7, 11) is 0. The number of para-hydroxylation sites is 1. The molecule has 3 aromatic carbocycles. The van der Waals surface area contributed by atoms with Gasteiger partial charge < -0.3 is 9.40 Å². The fourth-order valence-corrected chi connectivity index (χ4v) is 3.63. The number of oxazole rings is 1. The Morgan fingerprint density at radius 2 is 1.39 bits per heavy atom. The van der Waals surface area contributed by atoms with Gasteiger partial charge in [-0.15, -0.1) is 0 Å². The summed E-state index contributed by atoms with van der Waals surface area (Å²) in [6, 6.07) is 28.8. The largest absolute Gasteiger partial charge is 0.440 e. The van der Waals surface area contributed by atoms with Gasteiger partial charge in [-0.25, -0.2) is 4.98 Å². The summed E-state index contributed by atoms with van der Waals surface area (Å²) >= 11 is 0. The van der Waals surface area contributed by atoms with Crippen molar-refractivity contribution in [2.45, 2.75) is 12.8 Å². The van der Waals surface area contributed by atoms with Crippen LogP contribution in [-0.4, -0.2) is 9.97 Å². The van der Waals surface area contributed by atoms with Crippen molar-refractivity contribution in [3.63, 3.8) is 0 Å². The zero-order valence-corrected chi connectivity index (χ0v) is 15.4. The highest BCUT2D eigenvalue weighted by Gasteiger charge is 2.17. The van der Waals surface area contributed by atoms with Gasteiger partial charge in [-0.05, 0) is 18.1 Å². The molecule has 0 saturated heterocycles. The zero-order chi connectivity index (χ0) is 18.8. The normalized spacial score (nSPS) is 11.1. The second kappa shape index (κ2) is 7.20. The minimum absolute atomic E-state index is 0.758. The molecule has 28 heavy (non-hydrogen) atoms. The van der Waals surface area contributed by atoms with Crippen LogP contribution in [0.2, 0.25) is 0 Å². The van der Waals surface area contributed by atoms with Crippen molar-refractivity contribution in [1.82, 2.24) is 9.97 Å². The molecule has 0 radical (unpaired) electrons. The Hall–Kier alpha value is -3.59. The molecule has 0 aliphatic carbocycles. The molecule has 0 amide bonds. The van der Waals surface area contributed by atoms with E-state index in [1.807, 2.05) is 36.4 Å². The summed E-state index contributed by atoms with van der Waals surface area (Å²) in [4.78, 5) is 8.20. The lowest BCUT2D eigenvalue weighted by molar-refractivity contribution is 0.506. The highest BCUT2D eigenvalue weighted by molar-refractivity contribution is 5.83. The van der Waals surface area contributed by atoms with E-state index >= 15 is 0 Å². The molecule has 2 heterocycles. The smallest absolute Gasteiger partial charge is 0.195 e. The van der Waals surface area contributed by atoms with Crippen LogP contribution >= 0.6 is 0 Å². The van der Waals surface area contributed by atoms with Crippen molar-refractivity contribution in [3.05, 3.63) is 103 Å². The minimum atomic E-state index is 0.758. The topological polar surface area (TPSA) is 41.8 Å². The Kier molecular flexibility index (Phi) is 4.26. The maximum absolute atomic E-state index is 6.24. The predicted molar refractivity (Wildman–Crippen MR) is 113 cm³/mol. The van der Waals surface area contributed by atoms with Crippen LogP contribution in [0.5, 0.6) is 0 Å². The quantitative estimate of drug-likeness (QED) is 0.399. The van der Waals surface area contributed by atoms with Crippen LogP contribution in [0.1, 0.15) is 11.5 Å². The van der Waals surface area contributed by atoms with E-state index in [2.05, 4.69) is 59.7 Å². The molecule has 0 aliphatic heterocycles. The second-order valence-electron chi connectivity index (χ2n) is 6.88. The summed E-state index contributed by atoms with van der Waals surface area (Å²) in [5.41, 5.74) is 5.48. The molecule has 5 aromatic rings. The number of nitrogens with zero attached hydrogens (tertiary/aromatic N) is 1. The fraction of sp³-hybridized carbons (Fsp3) is 0.0800. The zero-order valence-electron chi connectivity index (χ0n) is 15.4. The van der Waals surface area contributed by atoms with Gasteiger partial charge >= 0.3 is 0 Å². The van der Waals surface area contributed by atoms with Crippen LogP contribution < -0.4 is 0 Å². The van der Waals surface area contributed by atoms with Crippen molar-refractivity contribution in [2.75, 3.05) is 0 Å². The minimum Gasteiger partial charge on any atom is -0.440 e. The van der Waals surface area contributed by atoms with Crippen LogP contribution in [0.15, 0.2) is 95.5 Å². The average molecular weight is 364 g/mol. The predicted octanol–water partition coefficient (Wildman–Crippen LogP) is 6.28. The second-order valence-corrected chi connectivity index (χ2v) is 6.88. The van der Waals surface area contributed by atoms with Gasteiger partial charge in [0.2, 0.25) is 0 Å². The highest BCUT2D eigenvalue weighted by atomic mass is 16.4. The average Bonchev–Trinajstić information content (AvgIpc) is 3.38. The van der Waals surface area contributed by atoms with E-state index in [9.17, 15) is 0 Å². The molecule has 3 nitrogen and oxygen atoms in total. The lowest BCUT2D eigenvalue weighted by Crippen LogP contribution is -1.90. The van der Waals surface area contributed by atoms with E-state index in [1.165, 1.54) is 16.5 Å². The van der Waals surface area contributed by atoms with Crippen LogP contribution in [0.3, 0.4) is 0 Å². The molecule has 0 bridgehead atoms. The van der Waals surface area contributed by atoms with Crippen LogP contribution in [0, 0.1) is 0 Å². The summed E-state index contributed by atoms with van der Waals surface area (Å²) in [5.74, 6) is 1.60. The van der Waals surface area contributed by atoms with Gasteiger partial charge in [0, 0.05) is 34.6 Å². The van der Waals surface area contributed by atoms with Crippen LogP contribution in [0.4, 0.5) is 0 Å². The van der Waals surface area contributed by atoms with Crippen molar-refractivity contribution >= 4 is 10.9 Å².